The van der Waals surface area contributed by atoms with Crippen LogP contribution in [-0.2, 0) is 11.4 Å². The van der Waals surface area contributed by atoms with Gasteiger partial charge in [0.25, 0.3) is 0 Å². The summed E-state index contributed by atoms with van der Waals surface area (Å²) in [5.41, 5.74) is 9.22. The fraction of sp³-hybridized carbons (Fsp3) is 0.235. The van der Waals surface area contributed by atoms with Crippen LogP contribution in [0.1, 0.15) is 25.0 Å². The van der Waals surface area contributed by atoms with E-state index in [1.807, 2.05) is 38.1 Å². The molecule has 22 heavy (non-hydrogen) atoms. The zero-order valence-electron chi connectivity index (χ0n) is 12.5. The lowest BCUT2D eigenvalue weighted by Gasteiger charge is -2.13. The highest BCUT2D eigenvalue weighted by Gasteiger charge is 2.13. The number of anilines is 1. The molecule has 2 aromatic rings. The number of nitrogens with two attached hydrogens (primary N) is 1. The van der Waals surface area contributed by atoms with Crippen molar-refractivity contribution in [3.8, 4) is 0 Å². The third-order valence-corrected chi connectivity index (χ3v) is 3.63. The zero-order valence-corrected chi connectivity index (χ0v) is 14.0. The van der Waals surface area contributed by atoms with Gasteiger partial charge in [0, 0.05) is 21.3 Å². The van der Waals surface area contributed by atoms with Crippen LogP contribution in [0.2, 0.25) is 10.0 Å². The van der Waals surface area contributed by atoms with E-state index in [1.54, 1.807) is 18.2 Å². The van der Waals surface area contributed by atoms with Crippen LogP contribution in [0.5, 0.6) is 0 Å². The summed E-state index contributed by atoms with van der Waals surface area (Å²) >= 11 is 11.9. The maximum absolute atomic E-state index is 6.05. The highest BCUT2D eigenvalue weighted by molar-refractivity contribution is 6.31. The fourth-order valence-corrected chi connectivity index (χ4v) is 2.27. The van der Waals surface area contributed by atoms with Gasteiger partial charge in [-0.25, -0.2) is 0 Å². The Balaban J connectivity index is 2.17. The number of hydrogen-bond donors (Lipinski definition) is 1. The summed E-state index contributed by atoms with van der Waals surface area (Å²) in [4.78, 5) is 5.48. The van der Waals surface area contributed by atoms with Crippen molar-refractivity contribution < 1.29 is 4.84 Å². The fourth-order valence-electron chi connectivity index (χ4n) is 1.97. The first kappa shape index (κ1) is 16.7. The van der Waals surface area contributed by atoms with Crippen molar-refractivity contribution >= 4 is 34.6 Å². The largest absolute Gasteiger partial charge is 0.398 e. The highest BCUT2D eigenvalue weighted by Crippen LogP contribution is 2.22. The molecule has 2 N–H and O–H groups in total. The molecule has 0 aliphatic carbocycles. The van der Waals surface area contributed by atoms with Crippen molar-refractivity contribution in [1.82, 2.24) is 0 Å². The maximum atomic E-state index is 6.05. The number of halogens is 2. The number of nitrogens with zero attached hydrogens (tertiary/aromatic N) is 1. The van der Waals surface area contributed by atoms with Crippen molar-refractivity contribution in [2.45, 2.75) is 20.5 Å². The lowest BCUT2D eigenvalue weighted by molar-refractivity contribution is 0.129. The normalized spacial score (nSPS) is 11.8. The standard InChI is InChI=1S/C17H18Cl2N2O/c1-11(2)17(15-9-14(19)7-8-16(15)20)21-22-10-12-3-5-13(18)6-4-12/h3-9,11H,10,20H2,1-2H3/b21-17+. The first-order valence-corrected chi connectivity index (χ1v) is 7.72. The second-order valence-corrected chi connectivity index (χ2v) is 6.14. The van der Waals surface area contributed by atoms with Crippen LogP contribution in [0.25, 0.3) is 0 Å². The Morgan fingerprint density at radius 1 is 1.09 bits per heavy atom. The van der Waals surface area contributed by atoms with E-state index in [9.17, 15) is 0 Å². The predicted octanol–water partition coefficient (Wildman–Crippen LogP) is 5.15. The molecule has 116 valence electrons. The Morgan fingerprint density at radius 2 is 1.73 bits per heavy atom. The first-order valence-electron chi connectivity index (χ1n) is 6.97. The number of benzene rings is 2. The van der Waals surface area contributed by atoms with Crippen LogP contribution in [-0.4, -0.2) is 5.71 Å². The van der Waals surface area contributed by atoms with Crippen molar-refractivity contribution in [3.05, 3.63) is 63.6 Å². The third-order valence-electron chi connectivity index (χ3n) is 3.15. The minimum atomic E-state index is 0.158. The van der Waals surface area contributed by atoms with Crippen LogP contribution in [0, 0.1) is 5.92 Å². The molecule has 0 aliphatic rings. The second kappa shape index (κ2) is 7.52. The molecule has 2 aromatic carbocycles. The second-order valence-electron chi connectivity index (χ2n) is 5.26. The zero-order chi connectivity index (χ0) is 16.1. The molecule has 5 heteroatoms. The van der Waals surface area contributed by atoms with Gasteiger partial charge in [0.05, 0.1) is 5.71 Å². The Kier molecular flexibility index (Phi) is 5.69. The minimum absolute atomic E-state index is 0.158. The van der Waals surface area contributed by atoms with Gasteiger partial charge >= 0.3 is 0 Å². The van der Waals surface area contributed by atoms with Gasteiger partial charge < -0.3 is 10.6 Å². The highest BCUT2D eigenvalue weighted by atomic mass is 35.5. The van der Waals surface area contributed by atoms with Gasteiger partial charge in [0.1, 0.15) is 6.61 Å². The molecule has 3 nitrogen and oxygen atoms in total. The Labute approximate surface area is 140 Å². The Hall–Kier alpha value is -1.71. The molecule has 0 bridgehead atoms. The van der Waals surface area contributed by atoms with Gasteiger partial charge in [0.15, 0.2) is 0 Å². The van der Waals surface area contributed by atoms with Gasteiger partial charge in [-0.2, -0.15) is 0 Å². The van der Waals surface area contributed by atoms with E-state index in [-0.39, 0.29) is 5.92 Å². The van der Waals surface area contributed by atoms with E-state index in [2.05, 4.69) is 5.16 Å². The van der Waals surface area contributed by atoms with Crippen LogP contribution in [0.4, 0.5) is 5.69 Å². The summed E-state index contributed by atoms with van der Waals surface area (Å²) in [6.45, 7) is 4.43. The summed E-state index contributed by atoms with van der Waals surface area (Å²) in [6, 6.07) is 12.8. The molecule has 0 fully saturated rings. The molecule has 0 saturated carbocycles. The van der Waals surface area contributed by atoms with Crippen molar-refractivity contribution in [3.63, 3.8) is 0 Å². The lowest BCUT2D eigenvalue weighted by Crippen LogP contribution is -2.12. The molecule has 0 unspecified atom stereocenters. The van der Waals surface area contributed by atoms with E-state index < -0.39 is 0 Å². The third kappa shape index (κ3) is 4.39. The molecule has 0 saturated heterocycles. The topological polar surface area (TPSA) is 47.6 Å². The maximum Gasteiger partial charge on any atom is 0.142 e. The summed E-state index contributed by atoms with van der Waals surface area (Å²) in [7, 11) is 0. The molecule has 0 radical (unpaired) electrons. The van der Waals surface area contributed by atoms with Crippen LogP contribution in [0.3, 0.4) is 0 Å². The average molecular weight is 337 g/mol. The van der Waals surface area contributed by atoms with Crippen molar-refractivity contribution in [2.24, 2.45) is 11.1 Å². The molecule has 2 rings (SSSR count). The van der Waals surface area contributed by atoms with Gasteiger partial charge in [0.2, 0.25) is 0 Å². The molecule has 0 aromatic heterocycles. The van der Waals surface area contributed by atoms with Crippen molar-refractivity contribution in [1.29, 1.82) is 0 Å². The van der Waals surface area contributed by atoms with Crippen LogP contribution < -0.4 is 5.73 Å². The number of hydrogen-bond acceptors (Lipinski definition) is 3. The van der Waals surface area contributed by atoms with Crippen LogP contribution >= 0.6 is 23.2 Å². The average Bonchev–Trinajstić information content (AvgIpc) is 2.48. The van der Waals surface area contributed by atoms with Gasteiger partial charge in [-0.3, -0.25) is 0 Å². The molecule has 0 amide bonds. The first-order chi connectivity index (χ1) is 10.5. The molecular formula is C17H18Cl2N2O. The Bertz CT molecular complexity index is 667. The SMILES string of the molecule is CC(C)/C(=N\OCc1ccc(Cl)cc1)c1cc(Cl)ccc1N. The number of rotatable bonds is 5. The monoisotopic (exact) mass is 336 g/mol. The van der Waals surface area contributed by atoms with E-state index in [1.165, 1.54) is 0 Å². The molecule has 0 aliphatic heterocycles. The van der Waals surface area contributed by atoms with E-state index in [0.29, 0.717) is 22.3 Å². The molecular weight excluding hydrogens is 319 g/mol. The molecule has 0 heterocycles. The number of oxime groups is 1. The Morgan fingerprint density at radius 3 is 2.36 bits per heavy atom. The van der Waals surface area contributed by atoms with Gasteiger partial charge in [-0.05, 0) is 41.8 Å². The van der Waals surface area contributed by atoms with E-state index >= 15 is 0 Å². The molecule has 0 spiro atoms. The van der Waals surface area contributed by atoms with E-state index in [4.69, 9.17) is 33.8 Å². The quantitative estimate of drug-likeness (QED) is 0.466. The number of nitrogen functional groups attached to an aromatic ring is 1. The predicted molar refractivity (Wildman–Crippen MR) is 93.5 cm³/mol. The summed E-state index contributed by atoms with van der Waals surface area (Å²) < 4.78 is 0. The lowest BCUT2D eigenvalue weighted by atomic mass is 9.99. The van der Waals surface area contributed by atoms with E-state index in [0.717, 1.165) is 16.8 Å². The van der Waals surface area contributed by atoms with Crippen LogP contribution in [0.15, 0.2) is 47.6 Å². The van der Waals surface area contributed by atoms with Crippen molar-refractivity contribution in [2.75, 3.05) is 5.73 Å². The van der Waals surface area contributed by atoms with Gasteiger partial charge in [-0.1, -0.05) is 54.3 Å². The summed E-state index contributed by atoms with van der Waals surface area (Å²) in [5.74, 6) is 0.158. The summed E-state index contributed by atoms with van der Waals surface area (Å²) in [6.07, 6.45) is 0. The smallest absolute Gasteiger partial charge is 0.142 e. The molecule has 0 atom stereocenters. The summed E-state index contributed by atoms with van der Waals surface area (Å²) in [5, 5.41) is 5.57. The van der Waals surface area contributed by atoms with Gasteiger partial charge in [-0.15, -0.1) is 0 Å². The minimum Gasteiger partial charge on any atom is -0.398 e.